The largest absolute Gasteiger partial charge is 0.492 e. The van der Waals surface area contributed by atoms with Crippen molar-refractivity contribution >= 4 is 104 Å². The molecule has 0 unspecified atom stereocenters. The summed E-state index contributed by atoms with van der Waals surface area (Å²) >= 11 is 0. The highest BCUT2D eigenvalue weighted by Gasteiger charge is 2.23. The van der Waals surface area contributed by atoms with Crippen LogP contribution in [0.25, 0.3) is 83.9 Å². The quantitative estimate of drug-likeness (QED) is 0.0683. The number of nitrogens with zero attached hydrogens (tertiary/aromatic N) is 18. The summed E-state index contributed by atoms with van der Waals surface area (Å²) in [6.07, 6.45) is 19.6. The molecular formula is C96H107N27O11. The highest BCUT2D eigenvalue weighted by atomic mass is 16.5. The minimum Gasteiger partial charge on any atom is -0.492 e. The molecule has 0 atom stereocenters. The van der Waals surface area contributed by atoms with Crippen molar-refractivity contribution < 1.29 is 52.5 Å². The van der Waals surface area contributed by atoms with Crippen molar-refractivity contribution in [2.45, 2.75) is 39.0 Å². The van der Waals surface area contributed by atoms with Gasteiger partial charge in [-0.05, 0) is 138 Å². The summed E-state index contributed by atoms with van der Waals surface area (Å²) < 4.78 is 36.1. The number of fused-ring (bicyclic) bond motifs is 20. The molecule has 0 fully saturated rings. The number of aromatic nitrogens is 14. The molecule has 15 aromatic rings. The summed E-state index contributed by atoms with van der Waals surface area (Å²) in [6, 6.07) is 50.7. The molecule has 5 aliphatic heterocycles. The van der Waals surface area contributed by atoms with Crippen LogP contribution in [0.1, 0.15) is 49.4 Å². The number of hydrogen-bond donors (Lipinski definition) is 9. The van der Waals surface area contributed by atoms with Gasteiger partial charge in [0.1, 0.15) is 47.1 Å². The van der Waals surface area contributed by atoms with E-state index in [0.29, 0.717) is 136 Å². The number of anilines is 7. The van der Waals surface area contributed by atoms with E-state index in [4.69, 9.17) is 39.4 Å². The van der Waals surface area contributed by atoms with Gasteiger partial charge in [-0.15, -0.1) is 5.10 Å². The van der Waals surface area contributed by atoms with Crippen molar-refractivity contribution in [2.75, 3.05) is 189 Å². The maximum atomic E-state index is 12.6. The van der Waals surface area contributed by atoms with Gasteiger partial charge in [-0.1, -0.05) is 61.5 Å². The van der Waals surface area contributed by atoms with E-state index in [-0.39, 0.29) is 54.1 Å². The summed E-state index contributed by atoms with van der Waals surface area (Å²) in [5.74, 6) is 3.91. The normalized spacial score (nSPS) is 14.8. The Morgan fingerprint density at radius 3 is 1.76 bits per heavy atom. The van der Waals surface area contributed by atoms with Crippen molar-refractivity contribution in [3.63, 3.8) is 0 Å². The van der Waals surface area contributed by atoms with Gasteiger partial charge in [0.25, 0.3) is 17.7 Å². The lowest BCUT2D eigenvalue weighted by Crippen LogP contribution is -2.38. The molecular weight excluding hydrogens is 1710 g/mol. The molecule has 20 bridgehead atoms. The van der Waals surface area contributed by atoms with Crippen LogP contribution in [0.5, 0.6) is 17.2 Å². The number of nitrogens with two attached hydrogens (primary N) is 1. The van der Waals surface area contributed by atoms with E-state index in [1.165, 1.54) is 0 Å². The molecule has 15 heterocycles. The lowest BCUT2D eigenvalue weighted by Gasteiger charge is -2.25. The Hall–Kier alpha value is -16.0. The van der Waals surface area contributed by atoms with Gasteiger partial charge in [-0.3, -0.25) is 28.8 Å². The molecule has 20 rings (SSSR count). The predicted octanol–water partition coefficient (Wildman–Crippen LogP) is 9.46. The number of hydrogen-bond acceptors (Lipinski definition) is 27. The fourth-order valence-electron chi connectivity index (χ4n) is 15.7. The van der Waals surface area contributed by atoms with Crippen LogP contribution in [0, 0.1) is 0 Å². The van der Waals surface area contributed by atoms with Crippen LogP contribution in [-0.2, 0) is 33.4 Å². The molecule has 38 nitrogen and oxygen atoms in total. The molecule has 0 spiro atoms. The highest BCUT2D eigenvalue weighted by molar-refractivity contribution is 5.97. The van der Waals surface area contributed by atoms with E-state index in [1.54, 1.807) is 62.9 Å². The van der Waals surface area contributed by atoms with E-state index in [9.17, 15) is 28.8 Å². The van der Waals surface area contributed by atoms with Crippen molar-refractivity contribution in [1.82, 2.24) is 93.8 Å². The van der Waals surface area contributed by atoms with Crippen molar-refractivity contribution in [3.05, 3.63) is 219 Å². The van der Waals surface area contributed by atoms with E-state index >= 15 is 0 Å². The molecule has 10 N–H and O–H groups in total. The molecule has 0 saturated heterocycles. The van der Waals surface area contributed by atoms with Gasteiger partial charge in [-0.2, -0.15) is 20.4 Å². The summed E-state index contributed by atoms with van der Waals surface area (Å²) in [7, 11) is 5.40. The Morgan fingerprint density at radius 2 is 1.04 bits per heavy atom. The van der Waals surface area contributed by atoms with E-state index in [1.807, 2.05) is 162 Å². The lowest BCUT2D eigenvalue weighted by atomic mass is 10.1. The first kappa shape index (κ1) is 91.3. The van der Waals surface area contributed by atoms with Gasteiger partial charge in [0.2, 0.25) is 17.7 Å². The zero-order chi connectivity index (χ0) is 92.7. The first-order valence-electron chi connectivity index (χ1n) is 44.6. The highest BCUT2D eigenvalue weighted by Crippen LogP contribution is 2.35. The average molecular weight is 1820 g/mol. The summed E-state index contributed by atoms with van der Waals surface area (Å²) in [5.41, 5.74) is 22.5. The minimum atomic E-state index is -0.626. The van der Waals surface area contributed by atoms with Gasteiger partial charge in [0.15, 0.2) is 35.8 Å². The first-order valence-corrected chi connectivity index (χ1v) is 44.6. The SMILES string of the molecule is CCC(=O)N1CCNc2cccc(c2)-c2cnn3ccc(nc23)NCC1.COCCC(=O)N1CCCN(C)c2cccc(c2)-c2cnn3ccc(cc23)NCC1.COCCN1CCC(=O)NCCOc2cccc(c2)-c2cnn3ccc1nc23.NC(=O)c1ccc2cc1OCC(=O)NCCCNc1ccn3ncc-2c3n1.O=C1COc2cccc(c2)-c2cnc3ccc(nn23)NCCN1. The maximum absolute atomic E-state index is 12.6. The summed E-state index contributed by atoms with van der Waals surface area (Å²) in [6.45, 7) is 12.7. The zero-order valence-corrected chi connectivity index (χ0v) is 75.0. The van der Waals surface area contributed by atoms with Crippen LogP contribution in [0.2, 0.25) is 0 Å². The number of nitrogens with one attached hydrogen (secondary N) is 8. The third-order valence-corrected chi connectivity index (χ3v) is 22.8. The van der Waals surface area contributed by atoms with Gasteiger partial charge >= 0.3 is 0 Å². The number of primary amides is 1. The van der Waals surface area contributed by atoms with Crippen molar-refractivity contribution in [1.29, 1.82) is 0 Å². The second-order valence-electron chi connectivity index (χ2n) is 31.9. The summed E-state index contributed by atoms with van der Waals surface area (Å²) in [4.78, 5) is 99.1. The molecule has 38 heteroatoms. The Labute approximate surface area is 771 Å². The molecule has 6 amide bonds. The number of carbonyl (C=O) groups is 6. The Bertz CT molecular complexity index is 6650. The Balaban J connectivity index is 0.000000122. The van der Waals surface area contributed by atoms with Gasteiger partial charge in [-0.25, -0.2) is 42.5 Å². The fourth-order valence-corrected chi connectivity index (χ4v) is 15.7. The summed E-state index contributed by atoms with van der Waals surface area (Å²) in [5, 5.41) is 47.3. The molecule has 692 valence electrons. The lowest BCUT2D eigenvalue weighted by molar-refractivity contribution is -0.132. The predicted molar refractivity (Wildman–Crippen MR) is 512 cm³/mol. The molecule has 0 aliphatic carbocycles. The average Bonchev–Trinajstić information content (AvgIpc) is 1.67. The monoisotopic (exact) mass is 1810 g/mol. The molecule has 0 radical (unpaired) electrons. The minimum absolute atomic E-state index is 0.00514. The van der Waals surface area contributed by atoms with Crippen LogP contribution >= 0.6 is 0 Å². The molecule has 134 heavy (non-hydrogen) atoms. The van der Waals surface area contributed by atoms with E-state index in [0.717, 1.165) is 150 Å². The van der Waals surface area contributed by atoms with Crippen LogP contribution in [0.3, 0.4) is 0 Å². The topological polar surface area (TPSA) is 422 Å². The van der Waals surface area contributed by atoms with E-state index < -0.39 is 5.91 Å². The first-order chi connectivity index (χ1) is 65.5. The molecule has 5 aliphatic rings. The molecule has 5 aromatic carbocycles. The van der Waals surface area contributed by atoms with Gasteiger partial charge in [0.05, 0.1) is 73.9 Å². The second kappa shape index (κ2) is 44.1. The van der Waals surface area contributed by atoms with Crippen LogP contribution in [-0.4, -0.2) is 266 Å². The third-order valence-electron chi connectivity index (χ3n) is 22.8. The van der Waals surface area contributed by atoms with E-state index in [2.05, 4.69) is 137 Å². The van der Waals surface area contributed by atoms with Gasteiger partial charge in [0, 0.05) is 195 Å². The Morgan fingerprint density at radius 1 is 0.463 bits per heavy atom. The number of imidazole rings is 1. The number of pyridine rings is 1. The third kappa shape index (κ3) is 23.1. The van der Waals surface area contributed by atoms with Crippen LogP contribution in [0.15, 0.2) is 213 Å². The smallest absolute Gasteiger partial charge is 0.258 e. The zero-order valence-electron chi connectivity index (χ0n) is 75.0. The number of carbonyl (C=O) groups excluding carboxylic acids is 6. The standard InChI is InChI=1S/C23H29N5O2.C20H23N5O3.C19H22N6O.C18H18N6O3.C16H15N5O2/c1-26-10-4-11-27(23(29)8-14-30-2)13-9-24-19-7-12-28-22(16-19)21(17-25-28)18-5-3-6-20(26)15-18;1-27-12-10-24-8-6-19(26)21-7-11-28-16-4-2-3-15(13-16)17-14-22-25-9-5-18(24)23-20(17)25;1-2-18(26)24-10-7-20-15-5-3-4-14(12-15)16-13-22-25-9-6-17(21-8-11-24)23-19(16)25;19-17(26)12-3-2-11-8-14(12)27-10-16(25)21-6-1-5-20-15-4-7-24-18(23-15)13(11)9-22-24;22-16-10-23-12-3-1-2-11(8-12)13-9-19-15-5-4-14(20-21(13)15)17-6-7-18-16/h3,5-7,12,15-17,24H,4,8-11,13-14H2,1-2H3;2-5,9,13-14H,6-8,10-12H2,1H3,(H,21,26);3-6,9,12-13,20H,2,7-8,10-11H2,1H3,(H,21,23);2-4,7-9H,1,5-6,10H2,(H2,19,26)(H,20,23)(H,21,25);1-5,8-9H,6-7,10H2,(H,17,20)(H,18,22). The number of benzene rings is 5. The van der Waals surface area contributed by atoms with Crippen molar-refractivity contribution in [3.8, 4) is 73.0 Å². The second-order valence-corrected chi connectivity index (χ2v) is 31.9. The van der Waals surface area contributed by atoms with Crippen LogP contribution in [0.4, 0.5) is 40.3 Å². The fraction of sp³-hybridized carbons (Fsp3) is 0.302. The van der Waals surface area contributed by atoms with Crippen molar-refractivity contribution in [2.24, 2.45) is 5.73 Å². The maximum Gasteiger partial charge on any atom is 0.258 e. The number of ether oxygens (including phenoxy) is 5. The number of rotatable bonds is 8. The Kier molecular flexibility index (Phi) is 30.0. The molecule has 0 saturated carbocycles. The van der Waals surface area contributed by atoms with Crippen LogP contribution < -0.4 is 72.3 Å². The number of amides is 6. The number of methoxy groups -OCH3 is 2. The van der Waals surface area contributed by atoms with Gasteiger partial charge < -0.3 is 91.6 Å². The molecule has 10 aromatic heterocycles.